The van der Waals surface area contributed by atoms with Crippen molar-refractivity contribution in [3.63, 3.8) is 0 Å². The molecule has 2 N–H and O–H groups in total. The summed E-state index contributed by atoms with van der Waals surface area (Å²) in [7, 11) is -0.490. The summed E-state index contributed by atoms with van der Waals surface area (Å²) in [6.45, 7) is 12.5. The second-order valence-corrected chi connectivity index (χ2v) is 18.5. The van der Waals surface area contributed by atoms with E-state index >= 15 is 0 Å². The Morgan fingerprint density at radius 1 is 1.02 bits per heavy atom. The van der Waals surface area contributed by atoms with Crippen LogP contribution in [0, 0.1) is 23.7 Å². The third kappa shape index (κ3) is 7.86. The number of aliphatic hydroxyl groups is 1. The van der Waals surface area contributed by atoms with E-state index in [1.54, 1.807) is 0 Å². The van der Waals surface area contributed by atoms with Gasteiger partial charge in [-0.3, -0.25) is 19.3 Å². The summed E-state index contributed by atoms with van der Waals surface area (Å²) < 4.78 is 23.0. The van der Waals surface area contributed by atoms with Crippen LogP contribution in [0.4, 0.5) is 5.69 Å². The first-order valence-electron chi connectivity index (χ1n) is 19.9. The molecular formula is C42H59ClN4O4S. The highest BCUT2D eigenvalue weighted by atomic mass is 35.5. The van der Waals surface area contributed by atoms with Gasteiger partial charge in [-0.25, -0.2) is 4.21 Å². The summed E-state index contributed by atoms with van der Waals surface area (Å²) in [6, 6.07) is 12.9. The zero-order valence-electron chi connectivity index (χ0n) is 31.4. The number of piperazine rings is 1. The van der Waals surface area contributed by atoms with Gasteiger partial charge in [0.05, 0.1) is 17.5 Å². The van der Waals surface area contributed by atoms with Gasteiger partial charge in [-0.2, -0.15) is 0 Å². The number of anilines is 1. The predicted molar refractivity (Wildman–Crippen MR) is 212 cm³/mol. The summed E-state index contributed by atoms with van der Waals surface area (Å²) >= 11 is 6.46. The van der Waals surface area contributed by atoms with Gasteiger partial charge in [0.2, 0.25) is 0 Å². The van der Waals surface area contributed by atoms with Crippen LogP contribution in [0.25, 0.3) is 0 Å². The molecule has 3 fully saturated rings. The molecule has 0 radical (unpaired) electrons. The van der Waals surface area contributed by atoms with Gasteiger partial charge >= 0.3 is 0 Å². The lowest BCUT2D eigenvalue weighted by Crippen LogP contribution is -2.54. The van der Waals surface area contributed by atoms with Crippen LogP contribution in [0.1, 0.15) is 86.7 Å². The van der Waals surface area contributed by atoms with Crippen LogP contribution in [0.5, 0.6) is 5.75 Å². The first-order valence-corrected chi connectivity index (χ1v) is 21.5. The molecule has 2 bridgehead atoms. The first-order chi connectivity index (χ1) is 25.3. The number of aryl methyl sites for hydroxylation is 1. The summed E-state index contributed by atoms with van der Waals surface area (Å²) in [5, 5.41) is 7.63. The van der Waals surface area contributed by atoms with Crippen molar-refractivity contribution in [3.8, 4) is 5.75 Å². The van der Waals surface area contributed by atoms with E-state index < -0.39 is 11.0 Å². The maximum Gasteiger partial charge on any atom is 0.263 e. The number of carbonyl (C=O) groups excluding carboxylic acids is 1. The molecule has 10 heteroatoms. The molecule has 8 rings (SSSR count). The number of hydrogen-bond acceptors (Lipinski definition) is 7. The number of allylic oxidation sites excluding steroid dienone is 1. The molecule has 1 saturated carbocycles. The largest absolute Gasteiger partial charge is 0.490 e. The molecule has 52 heavy (non-hydrogen) atoms. The van der Waals surface area contributed by atoms with E-state index in [1.807, 2.05) is 31.2 Å². The van der Waals surface area contributed by atoms with E-state index in [-0.39, 0.29) is 22.5 Å². The first kappa shape index (κ1) is 37.9. The highest BCUT2D eigenvalue weighted by molar-refractivity contribution is 7.84. The Morgan fingerprint density at radius 3 is 2.71 bits per heavy atom. The Morgan fingerprint density at radius 2 is 1.88 bits per heavy atom. The number of rotatable bonds is 2. The van der Waals surface area contributed by atoms with Crippen molar-refractivity contribution < 1.29 is 18.8 Å². The number of aliphatic hydroxyl groups excluding tert-OH is 1. The van der Waals surface area contributed by atoms with Gasteiger partial charge in [-0.05, 0) is 124 Å². The molecule has 2 aromatic rings. The Labute approximate surface area is 318 Å². The van der Waals surface area contributed by atoms with E-state index in [0.717, 1.165) is 69.0 Å². The number of amides is 1. The Bertz CT molecular complexity index is 1640. The molecular weight excluding hydrogens is 692 g/mol. The molecule has 2 aromatic carbocycles. The van der Waals surface area contributed by atoms with Crippen molar-refractivity contribution in [3.05, 3.63) is 70.3 Å². The number of halogens is 1. The van der Waals surface area contributed by atoms with Crippen LogP contribution in [0.2, 0.25) is 5.02 Å². The number of carbonyl (C=O) groups is 1. The monoisotopic (exact) mass is 750 g/mol. The fourth-order valence-electron chi connectivity index (χ4n) is 9.99. The number of fused-ring (bicyclic) bond motifs is 5. The van der Waals surface area contributed by atoms with E-state index in [4.69, 9.17) is 21.4 Å². The van der Waals surface area contributed by atoms with Crippen molar-refractivity contribution in [1.82, 2.24) is 14.5 Å². The van der Waals surface area contributed by atoms with Crippen molar-refractivity contribution in [2.24, 2.45) is 23.7 Å². The summed E-state index contributed by atoms with van der Waals surface area (Å²) in [5.74, 6) is 2.39. The lowest BCUT2D eigenvalue weighted by atomic mass is 9.66. The fraction of sp³-hybridized carbons (Fsp3) is 0.643. The minimum absolute atomic E-state index is 0.147. The molecule has 8 nitrogen and oxygen atoms in total. The zero-order valence-corrected chi connectivity index (χ0v) is 33.0. The lowest BCUT2D eigenvalue weighted by Gasteiger charge is -2.47. The minimum Gasteiger partial charge on any atom is -0.490 e. The number of ether oxygens (including phenoxy) is 1. The van der Waals surface area contributed by atoms with Crippen LogP contribution >= 0.6 is 11.6 Å². The summed E-state index contributed by atoms with van der Waals surface area (Å²) in [6.07, 6.45) is 15.7. The van der Waals surface area contributed by atoms with Gasteiger partial charge in [0, 0.05) is 68.4 Å². The highest BCUT2D eigenvalue weighted by Crippen LogP contribution is 2.48. The minimum atomic E-state index is -1.49. The average molecular weight is 751 g/mol. The van der Waals surface area contributed by atoms with Crippen molar-refractivity contribution in [2.45, 2.75) is 88.3 Å². The molecule has 0 aromatic heterocycles. The number of nitrogens with zero attached hydrogens (tertiary/aromatic N) is 3. The maximum atomic E-state index is 13.6. The SMILES string of the molecule is CC1C/C=C/C(CN2CCN3CCCCCC3C2)C2CCC2CN2CC3(CCc4cc(Cl)ccc43)COc3ccc(cc32)C(=O)NS(=O)C1C.CO. The Kier molecular flexibility index (Phi) is 12.0. The van der Waals surface area contributed by atoms with Crippen LogP contribution in [-0.4, -0.2) is 95.8 Å². The number of nitrogens with one attached hydrogen (secondary N) is 1. The predicted octanol–water partition coefficient (Wildman–Crippen LogP) is 6.61. The Hall–Kier alpha value is -2.43. The third-order valence-corrected chi connectivity index (χ3v) is 15.2. The van der Waals surface area contributed by atoms with Gasteiger partial charge < -0.3 is 14.7 Å². The quantitative estimate of drug-likeness (QED) is 0.335. The van der Waals surface area contributed by atoms with Crippen LogP contribution in [-0.2, 0) is 22.8 Å². The average Bonchev–Trinajstić information content (AvgIpc) is 3.25. The maximum absolute atomic E-state index is 13.6. The number of hydrogen-bond donors (Lipinski definition) is 2. The van der Waals surface area contributed by atoms with Gasteiger partial charge in [-0.15, -0.1) is 0 Å². The highest BCUT2D eigenvalue weighted by Gasteiger charge is 2.46. The molecule has 6 aliphatic rings. The fourth-order valence-corrected chi connectivity index (χ4v) is 11.2. The van der Waals surface area contributed by atoms with Crippen LogP contribution in [0.3, 0.4) is 0 Å². The van der Waals surface area contributed by atoms with E-state index in [9.17, 15) is 9.00 Å². The normalized spacial score (nSPS) is 34.5. The molecule has 4 aliphatic heterocycles. The van der Waals surface area contributed by atoms with Crippen molar-refractivity contribution >= 4 is 34.2 Å². The van der Waals surface area contributed by atoms with Gasteiger partial charge in [0.25, 0.3) is 5.91 Å². The van der Waals surface area contributed by atoms with Crippen LogP contribution in [0.15, 0.2) is 48.6 Å². The smallest absolute Gasteiger partial charge is 0.263 e. The van der Waals surface area contributed by atoms with Gasteiger partial charge in [0.15, 0.2) is 0 Å². The van der Waals surface area contributed by atoms with E-state index in [0.29, 0.717) is 36.0 Å². The molecule has 2 aliphatic carbocycles. The van der Waals surface area contributed by atoms with Gasteiger partial charge in [0.1, 0.15) is 16.7 Å². The molecule has 4 heterocycles. The van der Waals surface area contributed by atoms with E-state index in [2.05, 4.69) is 50.6 Å². The standard InChI is InChI=1S/C41H55ClN4O3S.CH4O/c1-28-7-6-8-32(23-44-19-20-45-18-5-3-4-9-35(45)25-44)36-13-10-33(36)24-46-26-41(17-16-30-21-34(42)12-14-37(30)41)27-49-39-15-11-31(22-38(39)46)40(47)43-50(48)29(28)2;1-2/h6,8,11-12,14-15,21-22,28-29,32-33,35-36H,3-5,7,9-10,13,16-20,23-27H2,1-2H3,(H,43,47);2H,1H3/b8-6+;. The third-order valence-electron chi connectivity index (χ3n) is 13.4. The lowest BCUT2D eigenvalue weighted by molar-refractivity contribution is 0.0454. The van der Waals surface area contributed by atoms with Crippen LogP contribution < -0.4 is 14.4 Å². The van der Waals surface area contributed by atoms with E-state index in [1.165, 1.54) is 69.3 Å². The molecule has 1 amide bonds. The second-order valence-electron chi connectivity index (χ2n) is 16.5. The zero-order chi connectivity index (χ0) is 36.4. The van der Waals surface area contributed by atoms with Crippen molar-refractivity contribution in [2.75, 3.05) is 64.4 Å². The molecule has 8 unspecified atom stereocenters. The molecule has 1 spiro atoms. The Balaban J connectivity index is 0.00000207. The molecule has 284 valence electrons. The summed E-state index contributed by atoms with van der Waals surface area (Å²) in [5.41, 5.74) is 4.05. The number of benzene rings is 2. The topological polar surface area (TPSA) is 85.4 Å². The second kappa shape index (κ2) is 16.5. The molecule has 8 atom stereocenters. The van der Waals surface area contributed by atoms with Crippen molar-refractivity contribution in [1.29, 1.82) is 0 Å². The molecule has 2 saturated heterocycles. The summed E-state index contributed by atoms with van der Waals surface area (Å²) in [4.78, 5) is 21.7. The van der Waals surface area contributed by atoms with Gasteiger partial charge in [-0.1, -0.05) is 49.6 Å².